The second-order valence-electron chi connectivity index (χ2n) is 5.54. The summed E-state index contributed by atoms with van der Waals surface area (Å²) < 4.78 is 57.6. The molecule has 9 heteroatoms. The van der Waals surface area contributed by atoms with Crippen molar-refractivity contribution >= 4 is 25.8 Å². The maximum absolute atomic E-state index is 14.3. The topological polar surface area (TPSA) is 80.4 Å². The minimum atomic E-state index is -4.08. The van der Waals surface area contributed by atoms with E-state index in [4.69, 9.17) is 4.52 Å². The molecule has 1 heterocycles. The SMILES string of the molecule is CS(=O)(=O)c1c(F)cc(-c2c(-c3ccc(Br)cc3)noc2CO)cc1F. The number of hydrogen-bond acceptors (Lipinski definition) is 5. The van der Waals surface area contributed by atoms with Crippen molar-refractivity contribution < 1.29 is 26.8 Å². The molecule has 26 heavy (non-hydrogen) atoms. The Balaban J connectivity index is 2.24. The van der Waals surface area contributed by atoms with E-state index in [0.717, 1.165) is 22.9 Å². The van der Waals surface area contributed by atoms with Gasteiger partial charge in [-0.05, 0) is 29.8 Å². The van der Waals surface area contributed by atoms with E-state index in [1.165, 1.54) is 0 Å². The zero-order valence-electron chi connectivity index (χ0n) is 13.3. The van der Waals surface area contributed by atoms with Gasteiger partial charge < -0.3 is 9.63 Å². The van der Waals surface area contributed by atoms with Crippen molar-refractivity contribution in [2.75, 3.05) is 6.26 Å². The van der Waals surface area contributed by atoms with E-state index in [1.54, 1.807) is 24.3 Å². The Bertz CT molecular complexity index is 1060. The van der Waals surface area contributed by atoms with Crippen molar-refractivity contribution in [3.8, 4) is 22.4 Å². The molecule has 1 aromatic heterocycles. The fourth-order valence-corrected chi connectivity index (χ4v) is 3.68. The van der Waals surface area contributed by atoms with Crippen LogP contribution in [0.2, 0.25) is 0 Å². The minimum Gasteiger partial charge on any atom is -0.388 e. The molecule has 0 saturated heterocycles. The number of benzene rings is 2. The lowest BCUT2D eigenvalue weighted by atomic mass is 9.99. The van der Waals surface area contributed by atoms with Crippen molar-refractivity contribution in [1.29, 1.82) is 0 Å². The van der Waals surface area contributed by atoms with Crippen LogP contribution in [0.5, 0.6) is 0 Å². The third-order valence-electron chi connectivity index (χ3n) is 3.68. The average Bonchev–Trinajstić information content (AvgIpc) is 2.97. The molecule has 0 aliphatic heterocycles. The summed E-state index contributed by atoms with van der Waals surface area (Å²) in [5.74, 6) is -2.45. The van der Waals surface area contributed by atoms with E-state index in [9.17, 15) is 22.3 Å². The van der Waals surface area contributed by atoms with E-state index in [2.05, 4.69) is 21.1 Å². The summed E-state index contributed by atoms with van der Waals surface area (Å²) >= 11 is 3.31. The number of aliphatic hydroxyl groups is 1. The first kappa shape index (κ1) is 18.7. The molecule has 2 aromatic carbocycles. The molecule has 3 rings (SSSR count). The number of rotatable bonds is 4. The van der Waals surface area contributed by atoms with E-state index >= 15 is 0 Å². The fourth-order valence-electron chi connectivity index (χ4n) is 2.59. The summed E-state index contributed by atoms with van der Waals surface area (Å²) in [6, 6.07) is 8.69. The highest BCUT2D eigenvalue weighted by Crippen LogP contribution is 2.37. The van der Waals surface area contributed by atoms with E-state index in [0.29, 0.717) is 5.56 Å². The van der Waals surface area contributed by atoms with Gasteiger partial charge in [0.05, 0.1) is 5.56 Å². The van der Waals surface area contributed by atoms with Crippen LogP contribution in [0, 0.1) is 11.6 Å². The van der Waals surface area contributed by atoms with Gasteiger partial charge in [-0.1, -0.05) is 33.2 Å². The Morgan fingerprint density at radius 2 is 1.69 bits per heavy atom. The van der Waals surface area contributed by atoms with Crippen molar-refractivity contribution in [1.82, 2.24) is 5.16 Å². The normalized spacial score (nSPS) is 11.7. The lowest BCUT2D eigenvalue weighted by molar-refractivity contribution is 0.230. The maximum Gasteiger partial charge on any atom is 0.181 e. The van der Waals surface area contributed by atoms with Gasteiger partial charge in [0, 0.05) is 16.3 Å². The Labute approximate surface area is 156 Å². The predicted molar refractivity (Wildman–Crippen MR) is 94.0 cm³/mol. The van der Waals surface area contributed by atoms with E-state index in [-0.39, 0.29) is 22.6 Å². The first-order valence-electron chi connectivity index (χ1n) is 7.27. The van der Waals surface area contributed by atoms with Gasteiger partial charge in [-0.15, -0.1) is 0 Å². The second kappa shape index (κ2) is 6.90. The number of halogens is 3. The molecule has 0 radical (unpaired) electrons. The number of hydrogen-bond donors (Lipinski definition) is 1. The van der Waals surface area contributed by atoms with Crippen molar-refractivity contribution in [2.45, 2.75) is 11.5 Å². The van der Waals surface area contributed by atoms with Gasteiger partial charge >= 0.3 is 0 Å². The van der Waals surface area contributed by atoms with Gasteiger partial charge in [-0.3, -0.25) is 0 Å². The summed E-state index contributed by atoms with van der Waals surface area (Å²) in [6.45, 7) is -0.546. The van der Waals surface area contributed by atoms with Gasteiger partial charge in [0.25, 0.3) is 0 Å². The van der Waals surface area contributed by atoms with Crippen LogP contribution in [0.4, 0.5) is 8.78 Å². The molecule has 0 amide bonds. The molecule has 5 nitrogen and oxygen atoms in total. The number of aliphatic hydroxyl groups excluding tert-OH is 1. The second-order valence-corrected chi connectivity index (χ2v) is 8.40. The molecular weight excluding hydrogens is 432 g/mol. The van der Waals surface area contributed by atoms with Crippen LogP contribution < -0.4 is 0 Å². The first-order valence-corrected chi connectivity index (χ1v) is 9.95. The Morgan fingerprint density at radius 1 is 1.12 bits per heavy atom. The van der Waals surface area contributed by atoms with Crippen LogP contribution in [0.15, 0.2) is 50.3 Å². The highest BCUT2D eigenvalue weighted by molar-refractivity contribution is 9.10. The smallest absolute Gasteiger partial charge is 0.181 e. The molecule has 0 spiro atoms. The van der Waals surface area contributed by atoms with Crippen molar-refractivity contribution in [2.24, 2.45) is 0 Å². The third-order valence-corrected chi connectivity index (χ3v) is 5.34. The standard InChI is InChI=1S/C17H12BrF2NO4S/c1-26(23,24)17-12(19)6-10(7-13(17)20)15-14(8-22)25-21-16(15)9-2-4-11(18)5-3-9/h2-7,22H,8H2,1H3. The maximum atomic E-state index is 14.3. The Kier molecular flexibility index (Phi) is 4.96. The quantitative estimate of drug-likeness (QED) is 0.660. The molecule has 0 fully saturated rings. The minimum absolute atomic E-state index is 0.00817. The number of aromatic nitrogens is 1. The van der Waals surface area contributed by atoms with E-state index < -0.39 is 33.0 Å². The average molecular weight is 444 g/mol. The number of sulfone groups is 1. The van der Waals surface area contributed by atoms with Crippen LogP contribution >= 0.6 is 15.9 Å². The van der Waals surface area contributed by atoms with E-state index in [1.807, 2.05) is 0 Å². The third kappa shape index (κ3) is 3.42. The molecule has 0 saturated carbocycles. The zero-order chi connectivity index (χ0) is 19.1. The Morgan fingerprint density at radius 3 is 2.19 bits per heavy atom. The lowest BCUT2D eigenvalue weighted by Gasteiger charge is -2.08. The summed E-state index contributed by atoms with van der Waals surface area (Å²) in [5.41, 5.74) is 1.07. The molecule has 3 aromatic rings. The zero-order valence-corrected chi connectivity index (χ0v) is 15.7. The first-order chi connectivity index (χ1) is 12.2. The van der Waals surface area contributed by atoms with Crippen molar-refractivity contribution in [3.05, 3.63) is 58.3 Å². The fraction of sp³-hybridized carbons (Fsp3) is 0.118. The van der Waals surface area contributed by atoms with Gasteiger partial charge in [-0.25, -0.2) is 17.2 Å². The van der Waals surface area contributed by atoms with Gasteiger partial charge in [0.1, 0.15) is 28.8 Å². The summed E-state index contributed by atoms with van der Waals surface area (Å²) in [6.07, 6.45) is 0.722. The Hall–Kier alpha value is -2.10. The summed E-state index contributed by atoms with van der Waals surface area (Å²) in [5, 5.41) is 13.4. The molecule has 0 aliphatic carbocycles. The molecule has 0 unspecified atom stereocenters. The molecule has 0 aliphatic rings. The van der Waals surface area contributed by atoms with Crippen LogP contribution in [-0.2, 0) is 16.4 Å². The highest BCUT2D eigenvalue weighted by Gasteiger charge is 2.25. The molecule has 0 atom stereocenters. The van der Waals surface area contributed by atoms with Gasteiger partial charge in [0.2, 0.25) is 0 Å². The van der Waals surface area contributed by atoms with Gasteiger partial charge in [-0.2, -0.15) is 0 Å². The number of nitrogens with zero attached hydrogens (tertiary/aromatic N) is 1. The molecular formula is C17H12BrF2NO4S. The van der Waals surface area contributed by atoms with Gasteiger partial charge in [0.15, 0.2) is 15.6 Å². The summed E-state index contributed by atoms with van der Waals surface area (Å²) in [7, 11) is -4.08. The highest BCUT2D eigenvalue weighted by atomic mass is 79.9. The molecule has 1 N–H and O–H groups in total. The van der Waals surface area contributed by atoms with Crippen LogP contribution in [-0.4, -0.2) is 24.9 Å². The summed E-state index contributed by atoms with van der Waals surface area (Å²) in [4.78, 5) is -1.01. The van der Waals surface area contributed by atoms with Crippen LogP contribution in [0.3, 0.4) is 0 Å². The van der Waals surface area contributed by atoms with Crippen LogP contribution in [0.1, 0.15) is 5.76 Å². The monoisotopic (exact) mass is 443 g/mol. The predicted octanol–water partition coefficient (Wildman–Crippen LogP) is 3.95. The largest absolute Gasteiger partial charge is 0.388 e. The lowest BCUT2D eigenvalue weighted by Crippen LogP contribution is -2.05. The molecule has 0 bridgehead atoms. The van der Waals surface area contributed by atoms with Crippen LogP contribution in [0.25, 0.3) is 22.4 Å². The molecule has 136 valence electrons. The van der Waals surface area contributed by atoms with Crippen molar-refractivity contribution in [3.63, 3.8) is 0 Å².